The molecule has 1 aromatic carbocycles. The van der Waals surface area contributed by atoms with Gasteiger partial charge in [0.2, 0.25) is 0 Å². The molecule has 0 aliphatic heterocycles. The number of rotatable bonds is 5. The molecular formula is C15H20N4O. The molecule has 0 aliphatic carbocycles. The third kappa shape index (κ3) is 3.38. The second-order valence-electron chi connectivity index (χ2n) is 5.00. The Morgan fingerprint density at radius 3 is 2.65 bits per heavy atom. The van der Waals surface area contributed by atoms with E-state index in [4.69, 9.17) is 5.73 Å². The minimum absolute atomic E-state index is 0.0835. The molecule has 0 spiro atoms. The topological polar surface area (TPSA) is 72.9 Å². The molecule has 0 atom stereocenters. The van der Waals surface area contributed by atoms with E-state index >= 15 is 0 Å². The molecule has 0 fully saturated rings. The van der Waals surface area contributed by atoms with Gasteiger partial charge in [-0.15, -0.1) is 0 Å². The summed E-state index contributed by atoms with van der Waals surface area (Å²) in [5, 5.41) is 3.10. The van der Waals surface area contributed by atoms with Crippen LogP contribution < -0.4 is 16.6 Å². The SMILES string of the molecule is CC(C)n1ccnc(NCCc2ccc(N)cc2)c1=O. The predicted molar refractivity (Wildman–Crippen MR) is 81.9 cm³/mol. The van der Waals surface area contributed by atoms with Crippen LogP contribution in [-0.4, -0.2) is 16.1 Å². The van der Waals surface area contributed by atoms with Crippen LogP contribution in [0.5, 0.6) is 0 Å². The van der Waals surface area contributed by atoms with Crippen molar-refractivity contribution in [3.05, 3.63) is 52.6 Å². The number of nitrogens with two attached hydrogens (primary N) is 1. The molecule has 1 aromatic heterocycles. The summed E-state index contributed by atoms with van der Waals surface area (Å²) in [6, 6.07) is 7.86. The van der Waals surface area contributed by atoms with Crippen molar-refractivity contribution in [1.82, 2.24) is 9.55 Å². The molecule has 106 valence electrons. The van der Waals surface area contributed by atoms with Crippen molar-refractivity contribution in [2.24, 2.45) is 0 Å². The molecule has 2 rings (SSSR count). The molecule has 0 unspecified atom stereocenters. The van der Waals surface area contributed by atoms with Gasteiger partial charge >= 0.3 is 0 Å². The lowest BCUT2D eigenvalue weighted by atomic mass is 10.1. The van der Waals surface area contributed by atoms with E-state index < -0.39 is 0 Å². The normalized spacial score (nSPS) is 10.8. The first kappa shape index (κ1) is 14.1. The number of benzene rings is 1. The van der Waals surface area contributed by atoms with Crippen LogP contribution in [0.2, 0.25) is 0 Å². The molecule has 2 aromatic rings. The van der Waals surface area contributed by atoms with E-state index in [9.17, 15) is 4.79 Å². The zero-order valence-electron chi connectivity index (χ0n) is 11.8. The second kappa shape index (κ2) is 6.23. The van der Waals surface area contributed by atoms with Crippen molar-refractivity contribution < 1.29 is 0 Å². The Bertz CT molecular complexity index is 617. The van der Waals surface area contributed by atoms with E-state index in [1.54, 1.807) is 17.0 Å². The maximum atomic E-state index is 12.1. The van der Waals surface area contributed by atoms with Gasteiger partial charge in [-0.25, -0.2) is 4.98 Å². The minimum atomic E-state index is -0.0835. The number of nitrogens with one attached hydrogen (secondary N) is 1. The van der Waals surface area contributed by atoms with E-state index in [1.165, 1.54) is 5.56 Å². The Kier molecular flexibility index (Phi) is 4.40. The largest absolute Gasteiger partial charge is 0.399 e. The van der Waals surface area contributed by atoms with Gasteiger partial charge in [-0.1, -0.05) is 12.1 Å². The average molecular weight is 272 g/mol. The molecule has 3 N–H and O–H groups in total. The van der Waals surface area contributed by atoms with Crippen molar-refractivity contribution in [2.75, 3.05) is 17.6 Å². The summed E-state index contributed by atoms with van der Waals surface area (Å²) in [6.45, 7) is 4.60. The molecule has 5 heteroatoms. The van der Waals surface area contributed by atoms with E-state index in [1.807, 2.05) is 38.1 Å². The van der Waals surface area contributed by atoms with Crippen molar-refractivity contribution in [3.8, 4) is 0 Å². The molecule has 0 bridgehead atoms. The number of hydrogen-bond donors (Lipinski definition) is 2. The third-order valence-electron chi connectivity index (χ3n) is 3.11. The predicted octanol–water partition coefficient (Wildman–Crippen LogP) is 2.06. The van der Waals surface area contributed by atoms with Crippen molar-refractivity contribution >= 4 is 11.5 Å². The molecule has 0 amide bonds. The zero-order chi connectivity index (χ0) is 14.5. The first-order valence-corrected chi connectivity index (χ1v) is 6.73. The fourth-order valence-corrected chi connectivity index (χ4v) is 1.96. The molecule has 0 aliphatic rings. The van der Waals surface area contributed by atoms with Gasteiger partial charge in [0.25, 0.3) is 5.56 Å². The maximum absolute atomic E-state index is 12.1. The third-order valence-corrected chi connectivity index (χ3v) is 3.11. The molecule has 1 heterocycles. The van der Waals surface area contributed by atoms with Gasteiger partial charge < -0.3 is 15.6 Å². The van der Waals surface area contributed by atoms with Gasteiger partial charge in [-0.05, 0) is 38.0 Å². The molecule has 0 saturated carbocycles. The Morgan fingerprint density at radius 2 is 2.00 bits per heavy atom. The summed E-state index contributed by atoms with van der Waals surface area (Å²) in [5.41, 5.74) is 7.49. The Hall–Kier alpha value is -2.30. The number of hydrogen-bond acceptors (Lipinski definition) is 4. The first-order valence-electron chi connectivity index (χ1n) is 6.73. The average Bonchev–Trinajstić information content (AvgIpc) is 2.42. The van der Waals surface area contributed by atoms with Crippen LogP contribution in [0.15, 0.2) is 41.5 Å². The Morgan fingerprint density at radius 1 is 1.30 bits per heavy atom. The Labute approximate surface area is 118 Å². The number of nitrogen functional groups attached to an aromatic ring is 1. The van der Waals surface area contributed by atoms with Gasteiger partial charge in [0.1, 0.15) is 0 Å². The summed E-state index contributed by atoms with van der Waals surface area (Å²) in [5.74, 6) is 0.400. The fraction of sp³-hybridized carbons (Fsp3) is 0.333. The van der Waals surface area contributed by atoms with Gasteiger partial charge in [-0.3, -0.25) is 4.79 Å². The number of anilines is 2. The van der Waals surface area contributed by atoms with Gasteiger partial charge in [-0.2, -0.15) is 0 Å². The van der Waals surface area contributed by atoms with Crippen LogP contribution >= 0.6 is 0 Å². The standard InChI is InChI=1S/C15H20N4O/c1-11(2)19-10-9-18-14(15(19)20)17-8-7-12-3-5-13(16)6-4-12/h3-6,9-11H,7-8,16H2,1-2H3,(H,17,18). The highest BCUT2D eigenvalue weighted by molar-refractivity contribution is 5.39. The van der Waals surface area contributed by atoms with Crippen LogP contribution in [0.1, 0.15) is 25.5 Å². The second-order valence-corrected chi connectivity index (χ2v) is 5.00. The fourth-order valence-electron chi connectivity index (χ4n) is 1.96. The maximum Gasteiger partial charge on any atom is 0.293 e. The molecular weight excluding hydrogens is 252 g/mol. The van der Waals surface area contributed by atoms with Crippen LogP contribution in [0, 0.1) is 0 Å². The highest BCUT2D eigenvalue weighted by atomic mass is 16.1. The van der Waals surface area contributed by atoms with E-state index in [2.05, 4.69) is 10.3 Å². The van der Waals surface area contributed by atoms with E-state index in [0.717, 1.165) is 12.1 Å². The lowest BCUT2D eigenvalue weighted by Gasteiger charge is -2.11. The highest BCUT2D eigenvalue weighted by Gasteiger charge is 2.06. The van der Waals surface area contributed by atoms with E-state index in [0.29, 0.717) is 12.4 Å². The number of aromatic nitrogens is 2. The summed E-state index contributed by atoms with van der Waals surface area (Å²) in [7, 11) is 0. The molecule has 0 saturated heterocycles. The van der Waals surface area contributed by atoms with Crippen molar-refractivity contribution in [3.63, 3.8) is 0 Å². The number of nitrogens with zero attached hydrogens (tertiary/aromatic N) is 2. The van der Waals surface area contributed by atoms with Crippen LogP contribution in [0.25, 0.3) is 0 Å². The summed E-state index contributed by atoms with van der Waals surface area (Å²) in [4.78, 5) is 16.2. The van der Waals surface area contributed by atoms with Crippen LogP contribution in [-0.2, 0) is 6.42 Å². The lowest BCUT2D eigenvalue weighted by Crippen LogP contribution is -2.26. The first-order chi connectivity index (χ1) is 9.58. The van der Waals surface area contributed by atoms with Gasteiger partial charge in [0, 0.05) is 30.7 Å². The molecule has 0 radical (unpaired) electrons. The van der Waals surface area contributed by atoms with Crippen LogP contribution in [0.4, 0.5) is 11.5 Å². The quantitative estimate of drug-likeness (QED) is 0.817. The zero-order valence-corrected chi connectivity index (χ0v) is 11.8. The summed E-state index contributed by atoms with van der Waals surface area (Å²) in [6.07, 6.45) is 4.17. The summed E-state index contributed by atoms with van der Waals surface area (Å²) < 4.78 is 1.67. The van der Waals surface area contributed by atoms with Crippen LogP contribution in [0.3, 0.4) is 0 Å². The minimum Gasteiger partial charge on any atom is -0.399 e. The molecule has 5 nitrogen and oxygen atoms in total. The smallest absolute Gasteiger partial charge is 0.293 e. The van der Waals surface area contributed by atoms with Crippen molar-refractivity contribution in [2.45, 2.75) is 26.3 Å². The molecule has 20 heavy (non-hydrogen) atoms. The van der Waals surface area contributed by atoms with Gasteiger partial charge in [0.15, 0.2) is 5.82 Å². The lowest BCUT2D eigenvalue weighted by molar-refractivity contribution is 0.575. The monoisotopic (exact) mass is 272 g/mol. The summed E-state index contributed by atoms with van der Waals surface area (Å²) >= 11 is 0. The highest BCUT2D eigenvalue weighted by Crippen LogP contribution is 2.06. The van der Waals surface area contributed by atoms with E-state index in [-0.39, 0.29) is 11.6 Å². The van der Waals surface area contributed by atoms with Gasteiger partial charge in [0.05, 0.1) is 0 Å². The van der Waals surface area contributed by atoms with Crippen molar-refractivity contribution in [1.29, 1.82) is 0 Å². The Balaban J connectivity index is 1.99.